The molecule has 18 heavy (non-hydrogen) atoms. The maximum Gasteiger partial charge on any atom is 0.230 e. The van der Waals surface area contributed by atoms with Crippen molar-refractivity contribution in [2.45, 2.75) is 19.8 Å². The Balaban J connectivity index is 2.13. The van der Waals surface area contributed by atoms with Crippen LogP contribution in [0.15, 0.2) is 18.2 Å². The molecule has 3 nitrogen and oxygen atoms in total. The lowest BCUT2D eigenvalue weighted by molar-refractivity contribution is -0.126. The molecule has 0 bridgehead atoms. The minimum absolute atomic E-state index is 0.00756. The molecule has 0 radical (unpaired) electrons. The van der Waals surface area contributed by atoms with Crippen molar-refractivity contribution in [2.75, 3.05) is 18.4 Å². The molecule has 0 aliphatic carbocycles. The Bertz CT molecular complexity index is 456. The molecule has 0 atom stereocenters. The van der Waals surface area contributed by atoms with Crippen LogP contribution in [0.5, 0.6) is 0 Å². The Labute approximate surface area is 117 Å². The molecule has 0 aromatic heterocycles. The maximum atomic E-state index is 12.3. The zero-order valence-corrected chi connectivity index (χ0v) is 11.7. The van der Waals surface area contributed by atoms with Gasteiger partial charge in [-0.1, -0.05) is 30.1 Å². The Morgan fingerprint density at radius 1 is 1.33 bits per heavy atom. The number of halogens is 2. The number of nitrogens with one attached hydrogen (secondary N) is 2. The molecule has 1 fully saturated rings. The Hall–Kier alpha value is -0.770. The predicted molar refractivity (Wildman–Crippen MR) is 75.3 cm³/mol. The second kappa shape index (κ2) is 5.47. The number of benzene rings is 1. The van der Waals surface area contributed by atoms with Gasteiger partial charge in [0.1, 0.15) is 0 Å². The van der Waals surface area contributed by atoms with Gasteiger partial charge in [0.05, 0.1) is 10.7 Å². The molecule has 1 aliphatic heterocycles. The van der Waals surface area contributed by atoms with E-state index in [1.165, 1.54) is 0 Å². The topological polar surface area (TPSA) is 41.1 Å². The largest absolute Gasteiger partial charge is 0.324 e. The van der Waals surface area contributed by atoms with Crippen LogP contribution in [0.3, 0.4) is 0 Å². The summed E-state index contributed by atoms with van der Waals surface area (Å²) in [6.07, 6.45) is 1.66. The summed E-state index contributed by atoms with van der Waals surface area (Å²) in [5.41, 5.74) is 0.241. The SMILES string of the molecule is CC1(C(=O)Nc2cc(Cl)ccc2Cl)CCNCC1. The van der Waals surface area contributed by atoms with Crippen LogP contribution in [0.25, 0.3) is 0 Å². The number of amides is 1. The number of rotatable bonds is 2. The summed E-state index contributed by atoms with van der Waals surface area (Å²) in [7, 11) is 0. The fraction of sp³-hybridized carbons (Fsp3) is 0.462. The second-order valence-corrected chi connectivity index (χ2v) is 5.73. The highest BCUT2D eigenvalue weighted by Gasteiger charge is 2.34. The molecule has 5 heteroatoms. The third-order valence-corrected chi connectivity index (χ3v) is 4.00. The lowest BCUT2D eigenvalue weighted by Gasteiger charge is -2.32. The van der Waals surface area contributed by atoms with E-state index in [9.17, 15) is 4.79 Å². The van der Waals surface area contributed by atoms with Crippen LogP contribution < -0.4 is 10.6 Å². The Morgan fingerprint density at radius 3 is 2.67 bits per heavy atom. The van der Waals surface area contributed by atoms with Crippen molar-refractivity contribution >= 4 is 34.8 Å². The van der Waals surface area contributed by atoms with Crippen molar-refractivity contribution in [1.29, 1.82) is 0 Å². The molecule has 2 rings (SSSR count). The zero-order valence-electron chi connectivity index (χ0n) is 10.2. The second-order valence-electron chi connectivity index (χ2n) is 4.89. The molecular weight excluding hydrogens is 271 g/mol. The smallest absolute Gasteiger partial charge is 0.230 e. The van der Waals surface area contributed by atoms with Crippen LogP contribution in [-0.2, 0) is 4.79 Å². The fourth-order valence-electron chi connectivity index (χ4n) is 2.07. The normalized spacial score (nSPS) is 18.4. The van der Waals surface area contributed by atoms with Crippen LogP contribution >= 0.6 is 23.2 Å². The summed E-state index contributed by atoms with van der Waals surface area (Å²) < 4.78 is 0. The minimum Gasteiger partial charge on any atom is -0.324 e. The molecule has 0 unspecified atom stereocenters. The molecule has 2 N–H and O–H groups in total. The summed E-state index contributed by atoms with van der Waals surface area (Å²) >= 11 is 11.9. The lowest BCUT2D eigenvalue weighted by atomic mass is 9.80. The standard InChI is InChI=1S/C13H16Cl2N2O/c1-13(4-6-16-7-5-13)12(18)17-11-8-9(14)2-3-10(11)15/h2-3,8,16H,4-7H2,1H3,(H,17,18). The first-order valence-corrected chi connectivity index (χ1v) is 6.74. The van der Waals surface area contributed by atoms with Crippen molar-refractivity contribution in [2.24, 2.45) is 5.41 Å². The van der Waals surface area contributed by atoms with Crippen molar-refractivity contribution in [3.05, 3.63) is 28.2 Å². The maximum absolute atomic E-state index is 12.3. The number of hydrogen-bond acceptors (Lipinski definition) is 2. The molecule has 0 saturated carbocycles. The van der Waals surface area contributed by atoms with Gasteiger partial charge in [-0.2, -0.15) is 0 Å². The third-order valence-electron chi connectivity index (χ3n) is 3.43. The monoisotopic (exact) mass is 286 g/mol. The molecular formula is C13H16Cl2N2O. The average molecular weight is 287 g/mol. The van der Waals surface area contributed by atoms with Gasteiger partial charge in [0.25, 0.3) is 0 Å². The molecule has 1 aliphatic rings. The van der Waals surface area contributed by atoms with E-state index in [1.54, 1.807) is 18.2 Å². The van der Waals surface area contributed by atoms with E-state index in [2.05, 4.69) is 10.6 Å². The van der Waals surface area contributed by atoms with Crippen LogP contribution in [-0.4, -0.2) is 19.0 Å². The number of hydrogen-bond donors (Lipinski definition) is 2. The van der Waals surface area contributed by atoms with Gasteiger partial charge in [-0.3, -0.25) is 4.79 Å². The van der Waals surface area contributed by atoms with Gasteiger partial charge in [0, 0.05) is 10.4 Å². The zero-order chi connectivity index (χ0) is 13.2. The molecule has 0 spiro atoms. The van der Waals surface area contributed by atoms with Gasteiger partial charge in [0.15, 0.2) is 0 Å². The first-order valence-electron chi connectivity index (χ1n) is 5.98. The van der Waals surface area contributed by atoms with Crippen molar-refractivity contribution in [3.63, 3.8) is 0 Å². The summed E-state index contributed by atoms with van der Waals surface area (Å²) in [4.78, 5) is 12.3. The van der Waals surface area contributed by atoms with Gasteiger partial charge in [-0.05, 0) is 44.1 Å². The van der Waals surface area contributed by atoms with Crippen molar-refractivity contribution in [3.8, 4) is 0 Å². The van der Waals surface area contributed by atoms with Crippen LogP contribution in [0.2, 0.25) is 10.0 Å². The van der Waals surface area contributed by atoms with Gasteiger partial charge in [0.2, 0.25) is 5.91 Å². The van der Waals surface area contributed by atoms with Gasteiger partial charge >= 0.3 is 0 Å². The van der Waals surface area contributed by atoms with Gasteiger partial charge in [-0.15, -0.1) is 0 Å². The molecule has 1 aromatic carbocycles. The van der Waals surface area contributed by atoms with Gasteiger partial charge < -0.3 is 10.6 Å². The van der Waals surface area contributed by atoms with E-state index in [-0.39, 0.29) is 11.3 Å². The van der Waals surface area contributed by atoms with Crippen molar-refractivity contribution < 1.29 is 4.79 Å². The lowest BCUT2D eigenvalue weighted by Crippen LogP contribution is -2.42. The Kier molecular flexibility index (Phi) is 4.15. The van der Waals surface area contributed by atoms with E-state index >= 15 is 0 Å². The van der Waals surface area contributed by atoms with E-state index in [0.717, 1.165) is 25.9 Å². The predicted octanol–water partition coefficient (Wildman–Crippen LogP) is 3.32. The van der Waals surface area contributed by atoms with Crippen LogP contribution in [0.1, 0.15) is 19.8 Å². The van der Waals surface area contributed by atoms with E-state index in [4.69, 9.17) is 23.2 Å². The molecule has 1 amide bonds. The van der Waals surface area contributed by atoms with Crippen LogP contribution in [0, 0.1) is 5.41 Å². The van der Waals surface area contributed by atoms with E-state index < -0.39 is 0 Å². The number of piperidine rings is 1. The quantitative estimate of drug-likeness (QED) is 0.876. The highest BCUT2D eigenvalue weighted by atomic mass is 35.5. The van der Waals surface area contributed by atoms with Crippen molar-refractivity contribution in [1.82, 2.24) is 5.32 Å². The highest BCUT2D eigenvalue weighted by molar-refractivity contribution is 6.35. The first kappa shape index (κ1) is 13.7. The highest BCUT2D eigenvalue weighted by Crippen LogP contribution is 2.32. The minimum atomic E-state index is -0.336. The van der Waals surface area contributed by atoms with Crippen LogP contribution in [0.4, 0.5) is 5.69 Å². The summed E-state index contributed by atoms with van der Waals surface area (Å²) in [5.74, 6) is 0.00756. The number of carbonyl (C=O) groups is 1. The summed E-state index contributed by atoms with van der Waals surface area (Å²) in [6.45, 7) is 3.72. The van der Waals surface area contributed by atoms with Gasteiger partial charge in [-0.25, -0.2) is 0 Å². The van der Waals surface area contributed by atoms with E-state index in [1.807, 2.05) is 6.92 Å². The number of carbonyl (C=O) groups excluding carboxylic acids is 1. The number of anilines is 1. The molecule has 1 saturated heterocycles. The Morgan fingerprint density at radius 2 is 2.00 bits per heavy atom. The van der Waals surface area contributed by atoms with E-state index in [0.29, 0.717) is 15.7 Å². The molecule has 98 valence electrons. The summed E-state index contributed by atoms with van der Waals surface area (Å²) in [6, 6.07) is 5.06. The first-order chi connectivity index (χ1) is 8.51. The fourth-order valence-corrected chi connectivity index (χ4v) is 2.41. The summed E-state index contributed by atoms with van der Waals surface area (Å²) in [5, 5.41) is 7.20. The average Bonchev–Trinajstić information content (AvgIpc) is 2.35. The molecule has 1 heterocycles. The molecule has 1 aromatic rings. The third kappa shape index (κ3) is 2.97.